The van der Waals surface area contributed by atoms with Crippen LogP contribution in [0.1, 0.15) is 37.8 Å². The second kappa shape index (κ2) is 12.4. The molecule has 1 heteroatoms. The summed E-state index contributed by atoms with van der Waals surface area (Å²) in [6, 6.07) is 23.8. The molecule has 0 aliphatic rings. The molecule has 0 bridgehead atoms. The van der Waals surface area contributed by atoms with Crippen LogP contribution in [0.25, 0.3) is 22.3 Å². The van der Waals surface area contributed by atoms with E-state index in [2.05, 4.69) is 136 Å². The molecule has 3 rings (SSSR count). The molecular weight excluding hydrogens is 422 g/mol. The smallest absolute Gasteiger partial charge is 0.0891 e. The van der Waals surface area contributed by atoms with Gasteiger partial charge in [0.15, 0.2) is 0 Å². The Bertz CT molecular complexity index is 1310. The summed E-state index contributed by atoms with van der Waals surface area (Å²) in [7, 11) is 0. The summed E-state index contributed by atoms with van der Waals surface area (Å²) in [5.74, 6) is 2.74. The maximum absolute atomic E-state index is 5.81. The van der Waals surface area contributed by atoms with Crippen LogP contribution in [0.2, 0.25) is 0 Å². The lowest BCUT2D eigenvalue weighted by Gasteiger charge is -2.27. The summed E-state index contributed by atoms with van der Waals surface area (Å²) < 4.78 is 0. The average molecular weight is 458 g/mol. The average Bonchev–Trinajstić information content (AvgIpc) is 2.87. The molecule has 35 heavy (non-hydrogen) atoms. The Morgan fingerprint density at radius 1 is 0.886 bits per heavy atom. The maximum atomic E-state index is 5.81. The van der Waals surface area contributed by atoms with Crippen molar-refractivity contribution in [3.05, 3.63) is 126 Å². The Balaban J connectivity index is 2.02. The van der Waals surface area contributed by atoms with Crippen LogP contribution in [-0.4, -0.2) is 0 Å². The molecule has 0 spiro atoms. The Hall–Kier alpha value is -4.02. The molecule has 0 heterocycles. The van der Waals surface area contributed by atoms with Crippen LogP contribution in [0.15, 0.2) is 115 Å². The van der Waals surface area contributed by atoms with E-state index in [9.17, 15) is 0 Å². The van der Waals surface area contributed by atoms with E-state index in [0.29, 0.717) is 5.70 Å². The highest BCUT2D eigenvalue weighted by Gasteiger charge is 2.14. The van der Waals surface area contributed by atoms with Crippen LogP contribution in [0, 0.1) is 26.2 Å². The number of aryl methyl sites for hydroxylation is 2. The summed E-state index contributed by atoms with van der Waals surface area (Å²) >= 11 is 0. The highest BCUT2D eigenvalue weighted by molar-refractivity contribution is 5.77. The Labute approximate surface area is 211 Å². The Morgan fingerprint density at radius 3 is 2.29 bits per heavy atom. The first-order valence-corrected chi connectivity index (χ1v) is 12.2. The van der Waals surface area contributed by atoms with Gasteiger partial charge in [-0.3, -0.25) is 0 Å². The van der Waals surface area contributed by atoms with Crippen LogP contribution in [0.5, 0.6) is 0 Å². The number of nitrogens with zero attached hydrogens (tertiary/aromatic N) is 1. The summed E-state index contributed by atoms with van der Waals surface area (Å²) in [6.45, 7) is 12.7. The van der Waals surface area contributed by atoms with Gasteiger partial charge in [0.1, 0.15) is 0 Å². The fraction of sp³-hybridized carbons (Fsp3) is 0.176. The van der Waals surface area contributed by atoms with Crippen LogP contribution < -0.4 is 4.90 Å². The van der Waals surface area contributed by atoms with Gasteiger partial charge < -0.3 is 4.90 Å². The molecule has 0 saturated heterocycles. The summed E-state index contributed by atoms with van der Waals surface area (Å²) in [5.41, 5.74) is 10.1. The molecule has 0 aliphatic heterocycles. The third-order valence-corrected chi connectivity index (χ3v) is 5.96. The summed E-state index contributed by atoms with van der Waals surface area (Å²) in [5, 5.41) is 0. The molecule has 1 nitrogen and oxygen atoms in total. The van der Waals surface area contributed by atoms with Gasteiger partial charge in [0, 0.05) is 11.4 Å². The van der Waals surface area contributed by atoms with Gasteiger partial charge in [-0.1, -0.05) is 105 Å². The van der Waals surface area contributed by atoms with Gasteiger partial charge in [-0.15, -0.1) is 6.42 Å². The summed E-state index contributed by atoms with van der Waals surface area (Å²) in [4.78, 5) is 2.07. The molecule has 176 valence electrons. The predicted molar refractivity (Wildman–Crippen MR) is 154 cm³/mol. The minimum absolute atomic E-state index is 0.622. The molecule has 0 fully saturated rings. The normalized spacial score (nSPS) is 11.7. The van der Waals surface area contributed by atoms with Crippen LogP contribution in [-0.2, 0) is 0 Å². The third-order valence-electron chi connectivity index (χ3n) is 5.96. The van der Waals surface area contributed by atoms with E-state index in [1.807, 2.05) is 6.08 Å². The van der Waals surface area contributed by atoms with Crippen molar-refractivity contribution < 1.29 is 0 Å². The molecule has 3 aromatic carbocycles. The predicted octanol–water partition coefficient (Wildman–Crippen LogP) is 9.41. The lowest BCUT2D eigenvalue weighted by atomic mass is 9.95. The van der Waals surface area contributed by atoms with Gasteiger partial charge in [0.2, 0.25) is 0 Å². The van der Waals surface area contributed by atoms with Gasteiger partial charge >= 0.3 is 0 Å². The number of allylic oxidation sites excluding steroid dienone is 7. The van der Waals surface area contributed by atoms with E-state index in [4.69, 9.17) is 6.42 Å². The molecule has 0 N–H and O–H groups in total. The number of terminal acetylenes is 1. The molecule has 0 aromatic heterocycles. The van der Waals surface area contributed by atoms with Crippen molar-refractivity contribution in [2.45, 2.75) is 40.5 Å². The van der Waals surface area contributed by atoms with E-state index < -0.39 is 0 Å². The zero-order valence-corrected chi connectivity index (χ0v) is 21.4. The minimum atomic E-state index is 0.622. The second-order valence-electron chi connectivity index (χ2n) is 8.61. The fourth-order valence-corrected chi connectivity index (χ4v) is 4.18. The van der Waals surface area contributed by atoms with Gasteiger partial charge in [-0.25, -0.2) is 0 Å². The van der Waals surface area contributed by atoms with Gasteiger partial charge in [-0.2, -0.15) is 0 Å². The van der Waals surface area contributed by atoms with Crippen molar-refractivity contribution in [3.8, 4) is 34.6 Å². The van der Waals surface area contributed by atoms with Crippen molar-refractivity contribution in [2.24, 2.45) is 0 Å². The zero-order chi connectivity index (χ0) is 25.2. The summed E-state index contributed by atoms with van der Waals surface area (Å²) in [6.07, 6.45) is 18.1. The maximum Gasteiger partial charge on any atom is 0.0891 e. The van der Waals surface area contributed by atoms with E-state index in [1.165, 1.54) is 27.8 Å². The molecule has 3 aromatic rings. The molecule has 0 atom stereocenters. The van der Waals surface area contributed by atoms with E-state index >= 15 is 0 Å². The largest absolute Gasteiger partial charge is 0.307 e. The Kier molecular flexibility index (Phi) is 9.10. The number of benzene rings is 3. The minimum Gasteiger partial charge on any atom is -0.307 e. The fourth-order valence-electron chi connectivity index (χ4n) is 4.18. The number of rotatable bonds is 9. The van der Waals surface area contributed by atoms with Crippen LogP contribution >= 0.6 is 0 Å². The lowest BCUT2D eigenvalue weighted by molar-refractivity contribution is 0.992. The van der Waals surface area contributed by atoms with Crippen molar-refractivity contribution in [3.63, 3.8) is 0 Å². The molecular formula is C34H35N. The quantitative estimate of drug-likeness (QED) is 0.228. The first kappa shape index (κ1) is 25.6. The van der Waals surface area contributed by atoms with E-state index in [1.54, 1.807) is 0 Å². The van der Waals surface area contributed by atoms with E-state index in [-0.39, 0.29) is 0 Å². The van der Waals surface area contributed by atoms with Crippen molar-refractivity contribution in [1.29, 1.82) is 0 Å². The van der Waals surface area contributed by atoms with Crippen molar-refractivity contribution >= 4 is 5.69 Å². The molecule has 0 radical (unpaired) electrons. The van der Waals surface area contributed by atoms with Crippen molar-refractivity contribution in [1.82, 2.24) is 0 Å². The Morgan fingerprint density at radius 2 is 1.60 bits per heavy atom. The van der Waals surface area contributed by atoms with E-state index in [0.717, 1.165) is 29.8 Å². The number of hydrogen-bond donors (Lipinski definition) is 0. The van der Waals surface area contributed by atoms with Gasteiger partial charge in [0.05, 0.1) is 5.70 Å². The zero-order valence-electron chi connectivity index (χ0n) is 21.4. The first-order valence-electron chi connectivity index (χ1n) is 12.2. The highest BCUT2D eigenvalue weighted by atomic mass is 15.1. The molecule has 0 saturated carbocycles. The third kappa shape index (κ3) is 6.52. The van der Waals surface area contributed by atoms with Crippen LogP contribution in [0.4, 0.5) is 5.69 Å². The van der Waals surface area contributed by atoms with Crippen LogP contribution in [0.3, 0.4) is 0 Å². The lowest BCUT2D eigenvalue weighted by Crippen LogP contribution is -2.20. The monoisotopic (exact) mass is 457 g/mol. The van der Waals surface area contributed by atoms with Gasteiger partial charge in [0.25, 0.3) is 0 Å². The number of anilines is 1. The molecule has 0 amide bonds. The standard InChI is InChI=1S/C34H35N/c1-7-10-11-12-13-19-32(9-3)35(28(6)8-2)33-20-15-17-30(25-33)29-16-14-18-31(24-29)34-22-21-26(4)23-27(34)5/h2,10-25H,6-7,9H2,1,3-5H3/b11-10+,13-12-,32-19+. The SMILES string of the molecule is C#CC(=C)N(/C(=C/C=C\C=C\CC)CC)c1cccc(-c2cccc(-c3ccc(C)cc3C)c2)c1. The molecule has 0 aliphatic carbocycles. The van der Waals surface area contributed by atoms with Crippen molar-refractivity contribution in [2.75, 3.05) is 4.90 Å². The highest BCUT2D eigenvalue weighted by Crippen LogP contribution is 2.33. The number of hydrogen-bond acceptors (Lipinski definition) is 1. The topological polar surface area (TPSA) is 3.24 Å². The first-order chi connectivity index (χ1) is 17.0. The molecule has 0 unspecified atom stereocenters. The second-order valence-corrected chi connectivity index (χ2v) is 8.61. The van der Waals surface area contributed by atoms with Gasteiger partial charge in [-0.05, 0) is 78.8 Å².